The largest absolute Gasteiger partial charge is 0.301 e. The molecule has 10 heteroatoms. The summed E-state index contributed by atoms with van der Waals surface area (Å²) in [7, 11) is -3.76. The Morgan fingerprint density at radius 2 is 1.92 bits per heavy atom. The molecule has 0 unspecified atom stereocenters. The highest BCUT2D eigenvalue weighted by atomic mass is 32.2. The summed E-state index contributed by atoms with van der Waals surface area (Å²) in [6.45, 7) is 4.00. The number of hydrogen-bond donors (Lipinski definition) is 2. The third kappa shape index (κ3) is 3.21. The van der Waals surface area contributed by atoms with Gasteiger partial charge in [-0.3, -0.25) is 4.79 Å². The number of aromatic nitrogens is 4. The summed E-state index contributed by atoms with van der Waals surface area (Å²) in [5.74, 6) is 0. The minimum absolute atomic E-state index is 0.00423. The molecule has 0 radical (unpaired) electrons. The number of benzene rings is 1. The van der Waals surface area contributed by atoms with Crippen LogP contribution < -0.4 is 10.7 Å². The van der Waals surface area contributed by atoms with Crippen molar-refractivity contribution in [3.05, 3.63) is 40.8 Å². The minimum Gasteiger partial charge on any atom is -0.301 e. The number of aromatic amines is 1. The Labute approximate surface area is 142 Å². The Hall–Kier alpha value is -2.17. The van der Waals surface area contributed by atoms with Crippen LogP contribution in [0.25, 0.3) is 16.7 Å². The van der Waals surface area contributed by atoms with E-state index < -0.39 is 10.0 Å². The number of H-pyrrole nitrogens is 1. The first-order valence-electron chi connectivity index (χ1n) is 7.03. The van der Waals surface area contributed by atoms with Gasteiger partial charge in [0.05, 0.1) is 16.8 Å². The zero-order chi connectivity index (χ0) is 17.5. The maximum absolute atomic E-state index is 12.2. The van der Waals surface area contributed by atoms with Gasteiger partial charge in [-0.15, -0.1) is 0 Å². The van der Waals surface area contributed by atoms with Crippen LogP contribution in [0.1, 0.15) is 13.8 Å². The summed E-state index contributed by atoms with van der Waals surface area (Å²) in [6.07, 6.45) is 1.43. The molecule has 0 aliphatic carbocycles. The summed E-state index contributed by atoms with van der Waals surface area (Å²) in [6, 6.07) is 5.89. The Kier molecular flexibility index (Phi) is 4.20. The van der Waals surface area contributed by atoms with Gasteiger partial charge in [0.25, 0.3) is 5.56 Å². The lowest BCUT2D eigenvalue weighted by Crippen LogP contribution is -2.12. The first-order chi connectivity index (χ1) is 11.3. The number of fused-ring (bicyclic) bond motifs is 1. The highest BCUT2D eigenvalue weighted by molar-refractivity contribution is 7.99. The highest BCUT2D eigenvalue weighted by Gasteiger charge is 2.14. The third-order valence-electron chi connectivity index (χ3n) is 3.17. The van der Waals surface area contributed by atoms with Crippen LogP contribution in [0.2, 0.25) is 0 Å². The average Bonchev–Trinajstić information content (AvgIpc) is 2.90. The van der Waals surface area contributed by atoms with Crippen molar-refractivity contribution in [2.45, 2.75) is 29.1 Å². The summed E-state index contributed by atoms with van der Waals surface area (Å²) in [5.41, 5.74) is 0.719. The van der Waals surface area contributed by atoms with E-state index in [-0.39, 0.29) is 15.7 Å². The van der Waals surface area contributed by atoms with Crippen LogP contribution >= 0.6 is 11.8 Å². The van der Waals surface area contributed by atoms with Gasteiger partial charge in [0, 0.05) is 5.25 Å². The topological polar surface area (TPSA) is 124 Å². The summed E-state index contributed by atoms with van der Waals surface area (Å²) >= 11 is 1.44. The zero-order valence-electron chi connectivity index (χ0n) is 12.9. The van der Waals surface area contributed by atoms with Crippen LogP contribution in [0.15, 0.2) is 45.3 Å². The molecule has 24 heavy (non-hydrogen) atoms. The van der Waals surface area contributed by atoms with Crippen molar-refractivity contribution < 1.29 is 8.42 Å². The van der Waals surface area contributed by atoms with Crippen molar-refractivity contribution >= 4 is 32.8 Å². The normalized spacial score (nSPS) is 12.2. The number of sulfonamides is 1. The van der Waals surface area contributed by atoms with Crippen molar-refractivity contribution in [1.29, 1.82) is 0 Å². The standard InChI is InChI=1S/C14H15N5O3S2/c1-8(2)23-14-17-12-11(13(20)18-14)7-16-19(12)9-3-5-10(6-4-9)24(15,21)22/h3-8H,1-2H3,(H2,15,21,22)(H,17,18,20). The molecule has 3 aromatic rings. The van der Waals surface area contributed by atoms with Crippen molar-refractivity contribution in [1.82, 2.24) is 19.7 Å². The van der Waals surface area contributed by atoms with Crippen LogP contribution in [-0.2, 0) is 10.0 Å². The number of nitrogens with zero attached hydrogens (tertiary/aromatic N) is 3. The van der Waals surface area contributed by atoms with Crippen LogP contribution in [0.3, 0.4) is 0 Å². The average molecular weight is 365 g/mol. The molecular weight excluding hydrogens is 350 g/mol. The summed E-state index contributed by atoms with van der Waals surface area (Å²) in [4.78, 5) is 19.3. The van der Waals surface area contributed by atoms with Crippen molar-refractivity contribution in [2.24, 2.45) is 5.14 Å². The molecule has 0 saturated heterocycles. The molecule has 2 heterocycles. The van der Waals surface area contributed by atoms with Crippen molar-refractivity contribution in [3.8, 4) is 5.69 Å². The van der Waals surface area contributed by atoms with Crippen molar-refractivity contribution in [2.75, 3.05) is 0 Å². The summed E-state index contributed by atoms with van der Waals surface area (Å²) in [5, 5.41) is 10.4. The Morgan fingerprint density at radius 3 is 2.50 bits per heavy atom. The molecule has 0 bridgehead atoms. The van der Waals surface area contributed by atoms with Crippen LogP contribution in [0, 0.1) is 0 Å². The maximum Gasteiger partial charge on any atom is 0.262 e. The molecule has 8 nitrogen and oxygen atoms in total. The molecule has 1 aromatic carbocycles. The molecule has 0 atom stereocenters. The third-order valence-corrected chi connectivity index (χ3v) is 4.99. The smallest absolute Gasteiger partial charge is 0.262 e. The number of hydrogen-bond acceptors (Lipinski definition) is 6. The fourth-order valence-electron chi connectivity index (χ4n) is 2.14. The van der Waals surface area contributed by atoms with Gasteiger partial charge in [-0.25, -0.2) is 23.2 Å². The quantitative estimate of drug-likeness (QED) is 0.530. The molecule has 0 fully saturated rings. The van der Waals surface area contributed by atoms with Gasteiger partial charge >= 0.3 is 0 Å². The number of nitrogens with two attached hydrogens (primary N) is 1. The van der Waals surface area contributed by atoms with E-state index in [0.29, 0.717) is 21.9 Å². The molecule has 0 spiro atoms. The SMILES string of the molecule is CC(C)Sc1nc2c(cnn2-c2ccc(S(N)(=O)=O)cc2)c(=O)[nH]1. The van der Waals surface area contributed by atoms with E-state index in [0.717, 1.165) is 0 Å². The van der Waals surface area contributed by atoms with E-state index in [9.17, 15) is 13.2 Å². The Balaban J connectivity index is 2.13. The minimum atomic E-state index is -3.76. The second kappa shape index (κ2) is 6.04. The van der Waals surface area contributed by atoms with Gasteiger partial charge in [0.2, 0.25) is 10.0 Å². The predicted molar refractivity (Wildman–Crippen MR) is 91.9 cm³/mol. The Bertz CT molecular complexity index is 1050. The lowest BCUT2D eigenvalue weighted by atomic mass is 10.3. The second-order valence-electron chi connectivity index (χ2n) is 5.37. The molecule has 0 amide bonds. The molecular formula is C14H15N5O3S2. The van der Waals surface area contributed by atoms with Crippen molar-refractivity contribution in [3.63, 3.8) is 0 Å². The van der Waals surface area contributed by atoms with Crippen LogP contribution in [0.4, 0.5) is 0 Å². The molecule has 126 valence electrons. The summed E-state index contributed by atoms with van der Waals surface area (Å²) < 4.78 is 24.1. The second-order valence-corrected chi connectivity index (χ2v) is 8.50. The molecule has 0 aliphatic rings. The fourth-order valence-corrected chi connectivity index (χ4v) is 3.40. The highest BCUT2D eigenvalue weighted by Crippen LogP contribution is 2.21. The van der Waals surface area contributed by atoms with E-state index in [2.05, 4.69) is 15.1 Å². The van der Waals surface area contributed by atoms with Gasteiger partial charge in [0.1, 0.15) is 5.39 Å². The first-order valence-corrected chi connectivity index (χ1v) is 9.46. The van der Waals surface area contributed by atoms with Gasteiger partial charge in [-0.05, 0) is 24.3 Å². The monoisotopic (exact) mass is 365 g/mol. The lowest BCUT2D eigenvalue weighted by molar-refractivity contribution is 0.598. The number of nitrogens with one attached hydrogen (secondary N) is 1. The molecule has 3 N–H and O–H groups in total. The van der Waals surface area contributed by atoms with Crippen LogP contribution in [0.5, 0.6) is 0 Å². The van der Waals surface area contributed by atoms with E-state index >= 15 is 0 Å². The molecule has 3 rings (SSSR count). The van der Waals surface area contributed by atoms with Gasteiger partial charge < -0.3 is 4.98 Å². The fraction of sp³-hybridized carbons (Fsp3) is 0.214. The van der Waals surface area contributed by atoms with E-state index in [1.165, 1.54) is 34.8 Å². The van der Waals surface area contributed by atoms with Gasteiger partial charge in [-0.2, -0.15) is 5.10 Å². The van der Waals surface area contributed by atoms with Gasteiger partial charge in [-0.1, -0.05) is 25.6 Å². The predicted octanol–water partition coefficient (Wildman–Crippen LogP) is 1.26. The lowest BCUT2D eigenvalue weighted by Gasteiger charge is -2.06. The van der Waals surface area contributed by atoms with E-state index in [1.807, 2.05) is 13.8 Å². The number of thioether (sulfide) groups is 1. The van der Waals surface area contributed by atoms with E-state index in [4.69, 9.17) is 5.14 Å². The van der Waals surface area contributed by atoms with E-state index in [1.54, 1.807) is 12.1 Å². The zero-order valence-corrected chi connectivity index (χ0v) is 14.6. The molecule has 2 aromatic heterocycles. The maximum atomic E-state index is 12.2. The Morgan fingerprint density at radius 1 is 1.25 bits per heavy atom. The van der Waals surface area contributed by atoms with Gasteiger partial charge in [0.15, 0.2) is 10.8 Å². The van der Waals surface area contributed by atoms with Crippen LogP contribution in [-0.4, -0.2) is 33.4 Å². The molecule has 0 saturated carbocycles. The first kappa shape index (κ1) is 16.7. The molecule has 0 aliphatic heterocycles. The number of primary sulfonamides is 1. The number of rotatable bonds is 4.